The molecular weight excluding hydrogens is 224 g/mol. The molecule has 86 valence electrons. The molecule has 0 aliphatic heterocycles. The van der Waals surface area contributed by atoms with Crippen molar-refractivity contribution in [2.45, 2.75) is 6.54 Å². The molecule has 0 aromatic carbocycles. The summed E-state index contributed by atoms with van der Waals surface area (Å²) in [5.41, 5.74) is 5.79. The van der Waals surface area contributed by atoms with E-state index in [1.54, 1.807) is 10.8 Å². The predicted octanol–water partition coefficient (Wildman–Crippen LogP) is -0.262. The molecule has 8 heteroatoms. The van der Waals surface area contributed by atoms with Gasteiger partial charge in [-0.25, -0.2) is 9.97 Å². The minimum Gasteiger partial charge on any atom is -0.447 e. The molecule has 0 amide bonds. The molecule has 17 heavy (non-hydrogen) atoms. The van der Waals surface area contributed by atoms with Gasteiger partial charge < -0.3 is 14.7 Å². The van der Waals surface area contributed by atoms with Crippen molar-refractivity contribution in [1.29, 1.82) is 0 Å². The molecule has 3 heterocycles. The van der Waals surface area contributed by atoms with Crippen molar-refractivity contribution in [3.63, 3.8) is 0 Å². The molecule has 3 aromatic heterocycles. The normalized spacial score (nSPS) is 11.1. The van der Waals surface area contributed by atoms with E-state index in [1.807, 2.05) is 0 Å². The van der Waals surface area contributed by atoms with Gasteiger partial charge in [0.25, 0.3) is 5.56 Å². The van der Waals surface area contributed by atoms with Crippen LogP contribution in [0.2, 0.25) is 0 Å². The van der Waals surface area contributed by atoms with Crippen LogP contribution in [0.25, 0.3) is 11.2 Å². The molecule has 3 aromatic rings. The molecule has 0 radical (unpaired) electrons. The highest BCUT2D eigenvalue weighted by Crippen LogP contribution is 2.09. The molecular formula is C9H8N6O2. The summed E-state index contributed by atoms with van der Waals surface area (Å²) in [7, 11) is 0. The largest absolute Gasteiger partial charge is 0.447 e. The van der Waals surface area contributed by atoms with E-state index in [0.717, 1.165) is 0 Å². The molecule has 0 spiro atoms. The summed E-state index contributed by atoms with van der Waals surface area (Å²) in [6, 6.07) is 0. The van der Waals surface area contributed by atoms with Crippen LogP contribution >= 0.6 is 0 Å². The topological polar surface area (TPSA) is 116 Å². The number of nitrogens with zero attached hydrogens (tertiary/aromatic N) is 4. The quantitative estimate of drug-likeness (QED) is 0.628. The van der Waals surface area contributed by atoms with E-state index in [1.165, 1.54) is 12.7 Å². The van der Waals surface area contributed by atoms with Crippen molar-refractivity contribution >= 4 is 17.1 Å². The van der Waals surface area contributed by atoms with E-state index < -0.39 is 0 Å². The number of aromatic amines is 1. The van der Waals surface area contributed by atoms with Crippen molar-refractivity contribution in [2.24, 2.45) is 0 Å². The van der Waals surface area contributed by atoms with Gasteiger partial charge in [0.1, 0.15) is 5.76 Å². The zero-order chi connectivity index (χ0) is 11.8. The van der Waals surface area contributed by atoms with Gasteiger partial charge in [0.2, 0.25) is 5.95 Å². The van der Waals surface area contributed by atoms with Gasteiger partial charge in [0.05, 0.1) is 19.1 Å². The Morgan fingerprint density at radius 1 is 1.53 bits per heavy atom. The van der Waals surface area contributed by atoms with Gasteiger partial charge in [-0.3, -0.25) is 9.78 Å². The standard InChI is InChI=1S/C9H8N6O2/c10-9-13-7-6(8(16)14-9)12-3-15(7)2-5-1-11-4-17-5/h1,3-4H,2H2,(H3,10,13,14,16). The summed E-state index contributed by atoms with van der Waals surface area (Å²) in [5.74, 6) is 0.701. The van der Waals surface area contributed by atoms with Crippen LogP contribution in [0.4, 0.5) is 5.95 Å². The fourth-order valence-corrected chi connectivity index (χ4v) is 1.57. The number of anilines is 1. The number of hydrogen-bond acceptors (Lipinski definition) is 6. The minimum absolute atomic E-state index is 0.0572. The molecule has 0 fully saturated rings. The van der Waals surface area contributed by atoms with Crippen LogP contribution in [-0.2, 0) is 6.54 Å². The summed E-state index contributed by atoms with van der Waals surface area (Å²) in [6.07, 6.45) is 4.43. The molecule has 0 saturated carbocycles. The maximum atomic E-state index is 11.5. The van der Waals surface area contributed by atoms with Crippen molar-refractivity contribution in [1.82, 2.24) is 24.5 Å². The number of aromatic nitrogens is 5. The summed E-state index contributed by atoms with van der Waals surface area (Å²) in [6.45, 7) is 0.395. The summed E-state index contributed by atoms with van der Waals surface area (Å²) >= 11 is 0. The second kappa shape index (κ2) is 3.44. The molecule has 0 bridgehead atoms. The highest BCUT2D eigenvalue weighted by atomic mass is 16.3. The Bertz CT molecular complexity index is 711. The van der Waals surface area contributed by atoms with Crippen LogP contribution in [0.5, 0.6) is 0 Å². The minimum atomic E-state index is -0.358. The fourth-order valence-electron chi connectivity index (χ4n) is 1.57. The molecule has 3 rings (SSSR count). The fraction of sp³-hybridized carbons (Fsp3) is 0.111. The lowest BCUT2D eigenvalue weighted by atomic mass is 10.5. The van der Waals surface area contributed by atoms with Crippen molar-refractivity contribution in [3.05, 3.63) is 35.0 Å². The first-order valence-electron chi connectivity index (χ1n) is 4.82. The third-order valence-corrected chi connectivity index (χ3v) is 2.30. The van der Waals surface area contributed by atoms with Crippen LogP contribution < -0.4 is 11.3 Å². The van der Waals surface area contributed by atoms with E-state index in [2.05, 4.69) is 19.9 Å². The molecule has 8 nitrogen and oxygen atoms in total. The van der Waals surface area contributed by atoms with Crippen LogP contribution in [0.1, 0.15) is 5.76 Å². The number of H-pyrrole nitrogens is 1. The Labute approximate surface area is 94.1 Å². The van der Waals surface area contributed by atoms with Gasteiger partial charge in [-0.2, -0.15) is 4.98 Å². The van der Waals surface area contributed by atoms with Gasteiger partial charge in [-0.1, -0.05) is 0 Å². The molecule has 0 unspecified atom stereocenters. The van der Waals surface area contributed by atoms with E-state index in [-0.39, 0.29) is 17.0 Å². The van der Waals surface area contributed by atoms with E-state index in [9.17, 15) is 4.79 Å². The van der Waals surface area contributed by atoms with Crippen LogP contribution in [0, 0.1) is 0 Å². The first-order chi connectivity index (χ1) is 8.24. The SMILES string of the molecule is Nc1nc2c(ncn2Cc2cnco2)c(=O)[nH]1. The maximum absolute atomic E-state index is 11.5. The average molecular weight is 232 g/mol. The molecule has 3 N–H and O–H groups in total. The van der Waals surface area contributed by atoms with Crippen molar-refractivity contribution in [2.75, 3.05) is 5.73 Å². The molecule has 0 aliphatic rings. The van der Waals surface area contributed by atoms with Gasteiger partial charge >= 0.3 is 0 Å². The second-order valence-corrected chi connectivity index (χ2v) is 3.46. The number of imidazole rings is 1. The Kier molecular flexibility index (Phi) is 1.94. The number of hydrogen-bond donors (Lipinski definition) is 2. The smallest absolute Gasteiger partial charge is 0.280 e. The third kappa shape index (κ3) is 1.55. The van der Waals surface area contributed by atoms with Gasteiger partial charge in [0.15, 0.2) is 17.6 Å². The number of nitrogens with one attached hydrogen (secondary N) is 1. The first kappa shape index (κ1) is 9.58. The van der Waals surface area contributed by atoms with Crippen molar-refractivity contribution < 1.29 is 4.42 Å². The Hall–Kier alpha value is -2.64. The highest BCUT2D eigenvalue weighted by molar-refractivity contribution is 5.70. The average Bonchev–Trinajstić information content (AvgIpc) is 2.89. The molecule has 0 aliphatic carbocycles. The molecule has 0 saturated heterocycles. The van der Waals surface area contributed by atoms with Gasteiger partial charge in [-0.15, -0.1) is 0 Å². The van der Waals surface area contributed by atoms with Crippen molar-refractivity contribution in [3.8, 4) is 0 Å². The van der Waals surface area contributed by atoms with E-state index >= 15 is 0 Å². The lowest BCUT2D eigenvalue weighted by Crippen LogP contribution is -2.12. The monoisotopic (exact) mass is 232 g/mol. The maximum Gasteiger partial charge on any atom is 0.280 e. The number of nitrogens with two attached hydrogens (primary N) is 1. The summed E-state index contributed by atoms with van der Waals surface area (Å²) < 4.78 is 6.78. The Morgan fingerprint density at radius 2 is 2.41 bits per heavy atom. The van der Waals surface area contributed by atoms with Gasteiger partial charge in [-0.05, 0) is 0 Å². The number of rotatable bonds is 2. The zero-order valence-corrected chi connectivity index (χ0v) is 8.62. The Balaban J connectivity index is 2.15. The predicted molar refractivity (Wildman–Crippen MR) is 58.2 cm³/mol. The Morgan fingerprint density at radius 3 is 3.18 bits per heavy atom. The lowest BCUT2D eigenvalue weighted by Gasteiger charge is -2.00. The molecule has 0 atom stereocenters. The van der Waals surface area contributed by atoms with Gasteiger partial charge in [0, 0.05) is 0 Å². The third-order valence-electron chi connectivity index (χ3n) is 2.30. The second-order valence-electron chi connectivity index (χ2n) is 3.46. The number of nitrogen functional groups attached to an aromatic ring is 1. The van der Waals surface area contributed by atoms with E-state index in [4.69, 9.17) is 10.2 Å². The number of fused-ring (bicyclic) bond motifs is 1. The summed E-state index contributed by atoms with van der Waals surface area (Å²) in [5, 5.41) is 0. The van der Waals surface area contributed by atoms with Crippen LogP contribution in [0.15, 0.2) is 28.1 Å². The van der Waals surface area contributed by atoms with Crippen LogP contribution in [0.3, 0.4) is 0 Å². The number of oxazole rings is 1. The first-order valence-corrected chi connectivity index (χ1v) is 4.82. The zero-order valence-electron chi connectivity index (χ0n) is 8.62. The lowest BCUT2D eigenvalue weighted by molar-refractivity contribution is 0.490. The van der Waals surface area contributed by atoms with E-state index in [0.29, 0.717) is 18.0 Å². The van der Waals surface area contributed by atoms with Crippen LogP contribution in [-0.4, -0.2) is 24.5 Å². The summed E-state index contributed by atoms with van der Waals surface area (Å²) in [4.78, 5) is 25.7. The highest BCUT2D eigenvalue weighted by Gasteiger charge is 2.10.